The normalized spacial score (nSPS) is 10.9. The molecule has 0 unspecified atom stereocenters. The van der Waals surface area contributed by atoms with E-state index in [0.29, 0.717) is 17.1 Å². The molecule has 132 valence electrons. The Labute approximate surface area is 159 Å². The lowest BCUT2D eigenvalue weighted by Crippen LogP contribution is -2.18. The van der Waals surface area contributed by atoms with Crippen molar-refractivity contribution in [3.8, 4) is 11.5 Å². The summed E-state index contributed by atoms with van der Waals surface area (Å²) in [5.41, 5.74) is 3.70. The van der Waals surface area contributed by atoms with Crippen molar-refractivity contribution in [2.75, 3.05) is 14.2 Å². The van der Waals surface area contributed by atoms with Crippen molar-refractivity contribution in [3.05, 3.63) is 70.2 Å². The lowest BCUT2D eigenvalue weighted by atomic mass is 10.1. The zero-order valence-corrected chi connectivity index (χ0v) is 15.9. The molecule has 1 N–H and O–H groups in total. The maximum atomic E-state index is 12.5. The van der Waals surface area contributed by atoms with E-state index in [1.54, 1.807) is 13.2 Å². The molecule has 0 bridgehead atoms. The van der Waals surface area contributed by atoms with Gasteiger partial charge in [0.05, 0.1) is 26.0 Å². The van der Waals surface area contributed by atoms with Crippen molar-refractivity contribution in [2.45, 2.75) is 0 Å². The standard InChI is InChI=1S/C20H17BrN2O3/c1-25-18-8-7-16(21)9-15(18)12-22-23-20(24)17-10-13-5-3-4-6-14(13)11-19(17)26-2/h3-12H,1-2H3,(H,23,24)/b22-12-. The summed E-state index contributed by atoms with van der Waals surface area (Å²) >= 11 is 3.40. The highest BCUT2D eigenvalue weighted by Crippen LogP contribution is 2.26. The van der Waals surface area contributed by atoms with Crippen LogP contribution in [0.4, 0.5) is 0 Å². The molecule has 0 spiro atoms. The number of hydrogen-bond donors (Lipinski definition) is 1. The van der Waals surface area contributed by atoms with Crippen LogP contribution < -0.4 is 14.9 Å². The van der Waals surface area contributed by atoms with Gasteiger partial charge in [-0.15, -0.1) is 0 Å². The second-order valence-electron chi connectivity index (χ2n) is 5.49. The minimum atomic E-state index is -0.349. The molecule has 0 radical (unpaired) electrons. The first-order valence-electron chi connectivity index (χ1n) is 7.86. The highest BCUT2D eigenvalue weighted by molar-refractivity contribution is 9.10. The Morgan fingerprint density at radius 2 is 1.69 bits per heavy atom. The lowest BCUT2D eigenvalue weighted by Gasteiger charge is -2.09. The number of methoxy groups -OCH3 is 2. The summed E-state index contributed by atoms with van der Waals surface area (Å²) in [6.07, 6.45) is 1.54. The van der Waals surface area contributed by atoms with E-state index in [1.807, 2.05) is 48.5 Å². The zero-order chi connectivity index (χ0) is 18.5. The van der Waals surface area contributed by atoms with Crippen molar-refractivity contribution >= 4 is 38.8 Å². The van der Waals surface area contributed by atoms with Gasteiger partial charge in [0.1, 0.15) is 11.5 Å². The first kappa shape index (κ1) is 17.9. The smallest absolute Gasteiger partial charge is 0.275 e. The Kier molecular flexibility index (Phi) is 5.53. The molecule has 0 saturated carbocycles. The monoisotopic (exact) mass is 412 g/mol. The van der Waals surface area contributed by atoms with Gasteiger partial charge in [-0.1, -0.05) is 40.2 Å². The molecule has 5 nitrogen and oxygen atoms in total. The molecule has 3 aromatic carbocycles. The first-order valence-corrected chi connectivity index (χ1v) is 8.65. The number of hydrogen-bond acceptors (Lipinski definition) is 4. The Bertz CT molecular complexity index is 986. The summed E-state index contributed by atoms with van der Waals surface area (Å²) in [5.74, 6) is 0.809. The minimum Gasteiger partial charge on any atom is -0.496 e. The third kappa shape index (κ3) is 3.86. The quantitative estimate of drug-likeness (QED) is 0.499. The molecule has 0 aliphatic carbocycles. The van der Waals surface area contributed by atoms with Crippen molar-refractivity contribution in [2.24, 2.45) is 5.10 Å². The van der Waals surface area contributed by atoms with Gasteiger partial charge in [-0.3, -0.25) is 4.79 Å². The molecule has 0 fully saturated rings. The van der Waals surface area contributed by atoms with E-state index in [0.717, 1.165) is 20.8 Å². The lowest BCUT2D eigenvalue weighted by molar-refractivity contribution is 0.0952. The number of nitrogens with zero attached hydrogens (tertiary/aromatic N) is 1. The van der Waals surface area contributed by atoms with Gasteiger partial charge in [0.25, 0.3) is 5.91 Å². The Balaban J connectivity index is 1.84. The van der Waals surface area contributed by atoms with Gasteiger partial charge in [-0.05, 0) is 41.1 Å². The topological polar surface area (TPSA) is 59.9 Å². The highest BCUT2D eigenvalue weighted by atomic mass is 79.9. The fraction of sp³-hybridized carbons (Fsp3) is 0.100. The van der Waals surface area contributed by atoms with Crippen LogP contribution in [0.25, 0.3) is 10.8 Å². The number of amides is 1. The molecule has 0 aromatic heterocycles. The summed E-state index contributed by atoms with van der Waals surface area (Å²) in [6.45, 7) is 0. The molecular formula is C20H17BrN2O3. The van der Waals surface area contributed by atoms with Gasteiger partial charge in [-0.2, -0.15) is 5.10 Å². The van der Waals surface area contributed by atoms with Gasteiger partial charge in [0.15, 0.2) is 0 Å². The van der Waals surface area contributed by atoms with Gasteiger partial charge >= 0.3 is 0 Å². The van der Waals surface area contributed by atoms with E-state index in [2.05, 4.69) is 26.5 Å². The number of halogens is 1. The third-order valence-electron chi connectivity index (χ3n) is 3.87. The predicted molar refractivity (Wildman–Crippen MR) is 106 cm³/mol. The molecule has 0 heterocycles. The number of nitrogens with one attached hydrogen (secondary N) is 1. The maximum Gasteiger partial charge on any atom is 0.275 e. The molecule has 0 saturated heterocycles. The number of carbonyl (C=O) groups excluding carboxylic acids is 1. The van der Waals surface area contributed by atoms with Crippen LogP contribution in [0.5, 0.6) is 11.5 Å². The summed E-state index contributed by atoms with van der Waals surface area (Å²) in [7, 11) is 3.12. The number of hydrazone groups is 1. The summed E-state index contributed by atoms with van der Waals surface area (Å²) in [5, 5.41) is 6.00. The first-order chi connectivity index (χ1) is 12.6. The van der Waals surface area contributed by atoms with Gasteiger partial charge in [0.2, 0.25) is 0 Å². The fourth-order valence-corrected chi connectivity index (χ4v) is 2.97. The van der Waals surface area contributed by atoms with Crippen LogP contribution in [0, 0.1) is 0 Å². The Morgan fingerprint density at radius 1 is 1.00 bits per heavy atom. The molecule has 0 aliphatic heterocycles. The number of fused-ring (bicyclic) bond motifs is 1. The Hall–Kier alpha value is -2.86. The molecule has 3 rings (SSSR count). The number of carbonyl (C=O) groups is 1. The van der Waals surface area contributed by atoms with E-state index < -0.39 is 0 Å². The third-order valence-corrected chi connectivity index (χ3v) is 4.37. The average molecular weight is 413 g/mol. The average Bonchev–Trinajstić information content (AvgIpc) is 2.67. The molecule has 3 aromatic rings. The molecular weight excluding hydrogens is 396 g/mol. The van der Waals surface area contributed by atoms with E-state index in [-0.39, 0.29) is 5.91 Å². The second kappa shape index (κ2) is 8.01. The molecule has 6 heteroatoms. The van der Waals surface area contributed by atoms with Crippen LogP contribution in [0.3, 0.4) is 0 Å². The van der Waals surface area contributed by atoms with Gasteiger partial charge < -0.3 is 9.47 Å². The van der Waals surface area contributed by atoms with Crippen LogP contribution in [-0.4, -0.2) is 26.3 Å². The van der Waals surface area contributed by atoms with Crippen molar-refractivity contribution in [1.82, 2.24) is 5.43 Å². The van der Waals surface area contributed by atoms with E-state index in [9.17, 15) is 4.79 Å². The van der Waals surface area contributed by atoms with Gasteiger partial charge in [0, 0.05) is 10.0 Å². The summed E-state index contributed by atoms with van der Waals surface area (Å²) in [6, 6.07) is 17.0. The SMILES string of the molecule is COc1ccc(Br)cc1/C=N\NC(=O)c1cc2ccccc2cc1OC. The van der Waals surface area contributed by atoms with E-state index >= 15 is 0 Å². The minimum absolute atomic E-state index is 0.349. The van der Waals surface area contributed by atoms with Gasteiger partial charge in [-0.25, -0.2) is 5.43 Å². The number of ether oxygens (including phenoxy) is 2. The second-order valence-corrected chi connectivity index (χ2v) is 6.40. The summed E-state index contributed by atoms with van der Waals surface area (Å²) in [4.78, 5) is 12.5. The zero-order valence-electron chi connectivity index (χ0n) is 14.3. The highest BCUT2D eigenvalue weighted by Gasteiger charge is 2.13. The van der Waals surface area contributed by atoms with Crippen molar-refractivity contribution in [3.63, 3.8) is 0 Å². The van der Waals surface area contributed by atoms with Crippen molar-refractivity contribution < 1.29 is 14.3 Å². The van der Waals surface area contributed by atoms with Crippen LogP contribution >= 0.6 is 15.9 Å². The van der Waals surface area contributed by atoms with Crippen LogP contribution in [0.2, 0.25) is 0 Å². The predicted octanol–water partition coefficient (Wildman–Crippen LogP) is 4.38. The number of rotatable bonds is 5. The van der Waals surface area contributed by atoms with E-state index in [4.69, 9.17) is 9.47 Å². The molecule has 26 heavy (non-hydrogen) atoms. The molecule has 0 aliphatic rings. The molecule has 1 amide bonds. The fourth-order valence-electron chi connectivity index (χ4n) is 2.59. The maximum absolute atomic E-state index is 12.5. The van der Waals surface area contributed by atoms with Crippen LogP contribution in [0.1, 0.15) is 15.9 Å². The Morgan fingerprint density at radius 3 is 2.38 bits per heavy atom. The molecule has 0 atom stereocenters. The van der Waals surface area contributed by atoms with E-state index in [1.165, 1.54) is 13.3 Å². The largest absolute Gasteiger partial charge is 0.496 e. The number of benzene rings is 3. The van der Waals surface area contributed by atoms with Crippen LogP contribution in [-0.2, 0) is 0 Å². The van der Waals surface area contributed by atoms with Crippen molar-refractivity contribution in [1.29, 1.82) is 0 Å². The summed E-state index contributed by atoms with van der Waals surface area (Å²) < 4.78 is 11.5. The van der Waals surface area contributed by atoms with Crippen LogP contribution in [0.15, 0.2) is 64.2 Å².